The summed E-state index contributed by atoms with van der Waals surface area (Å²) in [7, 11) is 0. The lowest BCUT2D eigenvalue weighted by Gasteiger charge is -2.11. The molecule has 1 unspecified atom stereocenters. The van der Waals surface area contributed by atoms with Crippen molar-refractivity contribution in [3.8, 4) is 0 Å². The molecule has 4 nitrogen and oxygen atoms in total. The van der Waals surface area contributed by atoms with Crippen LogP contribution in [0.1, 0.15) is 28.9 Å². The molecule has 25 heavy (non-hydrogen) atoms. The van der Waals surface area contributed by atoms with Gasteiger partial charge in [-0.3, -0.25) is 4.68 Å². The van der Waals surface area contributed by atoms with Gasteiger partial charge in [-0.25, -0.2) is 8.78 Å². The number of alkyl halides is 3. The Balaban J connectivity index is 1.79. The lowest BCUT2D eigenvalue weighted by Crippen LogP contribution is -2.19. The molecule has 0 radical (unpaired) electrons. The minimum Gasteiger partial charge on any atom is -0.390 e. The van der Waals surface area contributed by atoms with Crippen LogP contribution in [0.3, 0.4) is 0 Å². The third-order valence-corrected chi connectivity index (χ3v) is 3.87. The van der Waals surface area contributed by atoms with Gasteiger partial charge in [-0.15, -0.1) is 0 Å². The molecule has 0 amide bonds. The molecule has 0 saturated carbocycles. The van der Waals surface area contributed by atoms with Gasteiger partial charge >= 0.3 is 6.18 Å². The smallest absolute Gasteiger partial charge is 0.390 e. The quantitative estimate of drug-likeness (QED) is 0.778. The number of hydrogen-bond acceptors (Lipinski definition) is 3. The molecule has 2 heterocycles. The van der Waals surface area contributed by atoms with Crippen LogP contribution in [0, 0.1) is 25.5 Å². The SMILES string of the molecule is Cc1cc(C)n(CC2CC(c3c(F)cc(C(F)(F)F)cc3F)=NO2)n1. The van der Waals surface area contributed by atoms with E-state index in [1.165, 1.54) is 0 Å². The van der Waals surface area contributed by atoms with E-state index in [2.05, 4.69) is 10.3 Å². The molecule has 1 aliphatic rings. The van der Waals surface area contributed by atoms with Crippen molar-refractivity contribution in [3.05, 3.63) is 52.3 Å². The van der Waals surface area contributed by atoms with Crippen LogP contribution >= 0.6 is 0 Å². The Labute approximate surface area is 139 Å². The van der Waals surface area contributed by atoms with Crippen LogP contribution in [0.15, 0.2) is 23.4 Å². The van der Waals surface area contributed by atoms with Crippen LogP contribution in [0.4, 0.5) is 22.0 Å². The normalized spacial score (nSPS) is 17.6. The van der Waals surface area contributed by atoms with Crippen LogP contribution in [0.5, 0.6) is 0 Å². The zero-order valence-corrected chi connectivity index (χ0v) is 13.4. The second-order valence-corrected chi connectivity index (χ2v) is 5.89. The molecule has 1 aliphatic heterocycles. The first kappa shape index (κ1) is 17.4. The molecule has 0 saturated heterocycles. The summed E-state index contributed by atoms with van der Waals surface area (Å²) in [5.74, 6) is -2.64. The third-order valence-electron chi connectivity index (χ3n) is 3.87. The Bertz CT molecular complexity index is 818. The fraction of sp³-hybridized carbons (Fsp3) is 0.375. The number of nitrogens with zero attached hydrogens (tertiary/aromatic N) is 3. The maximum Gasteiger partial charge on any atom is 0.416 e. The molecule has 0 aliphatic carbocycles. The van der Waals surface area contributed by atoms with Gasteiger partial charge < -0.3 is 4.84 Å². The van der Waals surface area contributed by atoms with Crippen molar-refractivity contribution in [1.82, 2.24) is 9.78 Å². The number of benzene rings is 1. The number of hydrogen-bond donors (Lipinski definition) is 0. The highest BCUT2D eigenvalue weighted by molar-refractivity contribution is 6.01. The first-order valence-corrected chi connectivity index (χ1v) is 7.45. The van der Waals surface area contributed by atoms with E-state index < -0.39 is 35.0 Å². The van der Waals surface area contributed by atoms with Crippen molar-refractivity contribution in [2.24, 2.45) is 5.16 Å². The molecular weight excluding hydrogens is 345 g/mol. The average molecular weight is 359 g/mol. The highest BCUT2D eigenvalue weighted by Gasteiger charge is 2.34. The Morgan fingerprint density at radius 1 is 1.16 bits per heavy atom. The topological polar surface area (TPSA) is 39.4 Å². The zero-order valence-electron chi connectivity index (χ0n) is 13.4. The number of halogens is 5. The summed E-state index contributed by atoms with van der Waals surface area (Å²) in [6, 6.07) is 2.39. The summed E-state index contributed by atoms with van der Waals surface area (Å²) < 4.78 is 67.5. The lowest BCUT2D eigenvalue weighted by atomic mass is 10.0. The molecule has 3 rings (SSSR count). The molecule has 0 bridgehead atoms. The Kier molecular flexibility index (Phi) is 4.26. The van der Waals surface area contributed by atoms with E-state index in [0.29, 0.717) is 6.54 Å². The molecular formula is C16H14F5N3O. The average Bonchev–Trinajstić information content (AvgIpc) is 3.05. The second-order valence-electron chi connectivity index (χ2n) is 5.89. The highest BCUT2D eigenvalue weighted by Crippen LogP contribution is 2.32. The molecule has 1 atom stereocenters. The summed E-state index contributed by atoms with van der Waals surface area (Å²) in [6.45, 7) is 4.00. The van der Waals surface area contributed by atoms with Crippen molar-refractivity contribution in [1.29, 1.82) is 0 Å². The fourth-order valence-corrected chi connectivity index (χ4v) is 2.74. The van der Waals surface area contributed by atoms with E-state index in [0.717, 1.165) is 11.4 Å². The zero-order chi connectivity index (χ0) is 18.4. The van der Waals surface area contributed by atoms with Crippen LogP contribution in [0.25, 0.3) is 0 Å². The van der Waals surface area contributed by atoms with Gasteiger partial charge in [-0.05, 0) is 32.0 Å². The first-order chi connectivity index (χ1) is 11.6. The van der Waals surface area contributed by atoms with Gasteiger partial charge in [-0.2, -0.15) is 18.3 Å². The summed E-state index contributed by atoms with van der Waals surface area (Å²) in [6.07, 6.45) is -5.27. The van der Waals surface area contributed by atoms with Crippen molar-refractivity contribution in [2.75, 3.05) is 0 Å². The first-order valence-electron chi connectivity index (χ1n) is 7.45. The van der Waals surface area contributed by atoms with Gasteiger partial charge in [0, 0.05) is 12.1 Å². The maximum absolute atomic E-state index is 14.0. The number of aryl methyl sites for hydroxylation is 2. The van der Waals surface area contributed by atoms with Crippen LogP contribution in [-0.2, 0) is 17.6 Å². The second kappa shape index (κ2) is 6.12. The van der Waals surface area contributed by atoms with Crippen LogP contribution < -0.4 is 0 Å². The van der Waals surface area contributed by atoms with Gasteiger partial charge in [0.1, 0.15) is 11.6 Å². The van der Waals surface area contributed by atoms with E-state index in [4.69, 9.17) is 4.84 Å². The maximum atomic E-state index is 14.0. The standard InChI is InChI=1S/C16H14F5N3O/c1-8-3-9(2)24(22-8)7-11-6-14(23-25-11)15-12(17)4-10(5-13(15)18)16(19,20)21/h3-5,11H,6-7H2,1-2H3. The summed E-state index contributed by atoms with van der Waals surface area (Å²) in [4.78, 5) is 5.17. The van der Waals surface area contributed by atoms with Crippen molar-refractivity contribution in [2.45, 2.75) is 39.1 Å². The highest BCUT2D eigenvalue weighted by atomic mass is 19.4. The number of rotatable bonds is 3. The largest absolute Gasteiger partial charge is 0.416 e. The van der Waals surface area contributed by atoms with Crippen LogP contribution in [-0.4, -0.2) is 21.6 Å². The number of aromatic nitrogens is 2. The molecule has 1 aromatic heterocycles. The van der Waals surface area contributed by atoms with Gasteiger partial charge in [0.2, 0.25) is 0 Å². The Morgan fingerprint density at radius 3 is 2.32 bits per heavy atom. The summed E-state index contributed by atoms with van der Waals surface area (Å²) in [5, 5.41) is 7.91. The summed E-state index contributed by atoms with van der Waals surface area (Å²) >= 11 is 0. The summed E-state index contributed by atoms with van der Waals surface area (Å²) in [5.41, 5.74) is -0.331. The van der Waals surface area contributed by atoms with Crippen molar-refractivity contribution in [3.63, 3.8) is 0 Å². The molecule has 134 valence electrons. The molecule has 2 aromatic rings. The molecule has 0 spiro atoms. The van der Waals surface area contributed by atoms with Gasteiger partial charge in [0.25, 0.3) is 0 Å². The predicted octanol–water partition coefficient (Wildman–Crippen LogP) is 3.99. The van der Waals surface area contributed by atoms with Crippen molar-refractivity contribution < 1.29 is 26.8 Å². The minimum absolute atomic E-state index is 0.0599. The van der Waals surface area contributed by atoms with E-state index in [-0.39, 0.29) is 24.3 Å². The fourth-order valence-electron chi connectivity index (χ4n) is 2.74. The predicted molar refractivity (Wildman–Crippen MR) is 79.1 cm³/mol. The minimum atomic E-state index is -4.83. The Morgan fingerprint density at radius 2 is 1.80 bits per heavy atom. The Hall–Kier alpha value is -2.45. The third kappa shape index (κ3) is 3.49. The van der Waals surface area contributed by atoms with E-state index in [9.17, 15) is 22.0 Å². The molecule has 0 fully saturated rings. The van der Waals surface area contributed by atoms with Crippen molar-refractivity contribution >= 4 is 5.71 Å². The molecule has 9 heteroatoms. The van der Waals surface area contributed by atoms with Gasteiger partial charge in [0.15, 0.2) is 6.10 Å². The van der Waals surface area contributed by atoms with Gasteiger partial charge in [0.05, 0.1) is 29.1 Å². The van der Waals surface area contributed by atoms with Gasteiger partial charge in [-0.1, -0.05) is 5.16 Å². The monoisotopic (exact) mass is 359 g/mol. The van der Waals surface area contributed by atoms with E-state index in [1.54, 1.807) is 4.68 Å². The van der Waals surface area contributed by atoms with Crippen LogP contribution in [0.2, 0.25) is 0 Å². The molecule has 1 aromatic carbocycles. The lowest BCUT2D eigenvalue weighted by molar-refractivity contribution is -0.138. The number of oxime groups is 1. The van der Waals surface area contributed by atoms with E-state index >= 15 is 0 Å². The van der Waals surface area contributed by atoms with E-state index in [1.807, 2.05) is 19.9 Å². The molecule has 0 N–H and O–H groups in total.